The van der Waals surface area contributed by atoms with Crippen LogP contribution >= 0.6 is 11.3 Å². The number of alkyl halides is 3. The largest absolute Gasteiger partial charge is 0.435 e. The standard InChI is InChI=1S/C20H18F3N5O3S2/c1-33(30,31)14-5-2-12(3-6-14)8-18(29)25-19-24-15-10-28(11-16(15)32-19)9-13-4-7-17(27-26-13)20(21,22)23/h2-7H,8-11H2,1H3,(H,24,25,29). The molecule has 0 saturated heterocycles. The van der Waals surface area contributed by atoms with Crippen LogP contribution in [-0.4, -0.2) is 40.7 Å². The molecule has 0 aliphatic carbocycles. The molecule has 1 aromatic carbocycles. The minimum Gasteiger partial charge on any atom is -0.302 e. The molecule has 1 aliphatic heterocycles. The molecule has 0 spiro atoms. The number of hydrogen-bond donors (Lipinski definition) is 1. The summed E-state index contributed by atoms with van der Waals surface area (Å²) in [5.74, 6) is -0.272. The molecule has 8 nitrogen and oxygen atoms in total. The van der Waals surface area contributed by atoms with Crippen LogP contribution in [0, 0.1) is 0 Å². The summed E-state index contributed by atoms with van der Waals surface area (Å²) >= 11 is 1.34. The molecule has 3 aromatic rings. The highest BCUT2D eigenvalue weighted by atomic mass is 32.2. The van der Waals surface area contributed by atoms with E-state index in [1.54, 1.807) is 12.1 Å². The zero-order valence-electron chi connectivity index (χ0n) is 17.3. The van der Waals surface area contributed by atoms with Gasteiger partial charge < -0.3 is 5.32 Å². The quantitative estimate of drug-likeness (QED) is 0.558. The van der Waals surface area contributed by atoms with E-state index in [4.69, 9.17) is 0 Å². The maximum Gasteiger partial charge on any atom is 0.435 e. The molecule has 1 N–H and O–H groups in total. The first-order valence-corrected chi connectivity index (χ1v) is 12.4. The van der Waals surface area contributed by atoms with E-state index < -0.39 is 21.7 Å². The highest BCUT2D eigenvalue weighted by Crippen LogP contribution is 2.32. The molecule has 0 bridgehead atoms. The summed E-state index contributed by atoms with van der Waals surface area (Å²) in [5.41, 5.74) is 0.870. The maximum absolute atomic E-state index is 12.6. The second-order valence-electron chi connectivity index (χ2n) is 7.58. The van der Waals surface area contributed by atoms with Crippen LogP contribution in [0.3, 0.4) is 0 Å². The Morgan fingerprint density at radius 1 is 1.12 bits per heavy atom. The summed E-state index contributed by atoms with van der Waals surface area (Å²) in [6.45, 7) is 1.36. The summed E-state index contributed by atoms with van der Waals surface area (Å²) in [4.78, 5) is 19.9. The molecule has 0 unspecified atom stereocenters. The lowest BCUT2D eigenvalue weighted by Crippen LogP contribution is -2.18. The molecule has 3 heterocycles. The zero-order chi connectivity index (χ0) is 23.8. The van der Waals surface area contributed by atoms with Crippen LogP contribution in [0.1, 0.15) is 27.5 Å². The molecule has 33 heavy (non-hydrogen) atoms. The van der Waals surface area contributed by atoms with Gasteiger partial charge in [-0.2, -0.15) is 18.3 Å². The van der Waals surface area contributed by atoms with Crippen molar-refractivity contribution < 1.29 is 26.4 Å². The molecule has 0 radical (unpaired) electrons. The summed E-state index contributed by atoms with van der Waals surface area (Å²) in [6.07, 6.45) is -3.32. The highest BCUT2D eigenvalue weighted by molar-refractivity contribution is 7.90. The van der Waals surface area contributed by atoms with E-state index in [-0.39, 0.29) is 17.2 Å². The first-order chi connectivity index (χ1) is 15.5. The van der Waals surface area contributed by atoms with Gasteiger partial charge in [-0.05, 0) is 29.8 Å². The lowest BCUT2D eigenvalue weighted by molar-refractivity contribution is -0.141. The molecule has 4 rings (SSSR count). The van der Waals surface area contributed by atoms with Crippen molar-refractivity contribution in [2.24, 2.45) is 0 Å². The van der Waals surface area contributed by atoms with E-state index >= 15 is 0 Å². The van der Waals surface area contributed by atoms with Crippen molar-refractivity contribution in [3.05, 3.63) is 63.9 Å². The van der Waals surface area contributed by atoms with Crippen LogP contribution in [0.5, 0.6) is 0 Å². The molecule has 0 atom stereocenters. The van der Waals surface area contributed by atoms with Crippen LogP contribution in [-0.2, 0) is 46.9 Å². The van der Waals surface area contributed by atoms with E-state index in [2.05, 4.69) is 20.5 Å². The zero-order valence-corrected chi connectivity index (χ0v) is 18.9. The van der Waals surface area contributed by atoms with E-state index in [1.165, 1.54) is 29.5 Å². The Morgan fingerprint density at radius 2 is 1.85 bits per heavy atom. The van der Waals surface area contributed by atoms with Crippen molar-refractivity contribution >= 4 is 32.2 Å². The second-order valence-corrected chi connectivity index (χ2v) is 10.7. The van der Waals surface area contributed by atoms with Gasteiger partial charge in [0.1, 0.15) is 0 Å². The van der Waals surface area contributed by atoms with Gasteiger partial charge in [-0.1, -0.05) is 12.1 Å². The third-order valence-corrected chi connectivity index (χ3v) is 7.00. The molecule has 0 saturated carbocycles. The number of aromatic nitrogens is 3. The number of sulfone groups is 1. The highest BCUT2D eigenvalue weighted by Gasteiger charge is 2.33. The first-order valence-electron chi connectivity index (χ1n) is 9.67. The van der Waals surface area contributed by atoms with Crippen LogP contribution < -0.4 is 5.32 Å². The fraction of sp³-hybridized carbons (Fsp3) is 0.300. The van der Waals surface area contributed by atoms with Gasteiger partial charge in [-0.15, -0.1) is 16.4 Å². The van der Waals surface area contributed by atoms with Gasteiger partial charge in [-0.3, -0.25) is 9.69 Å². The fourth-order valence-electron chi connectivity index (χ4n) is 3.29. The number of anilines is 1. The lowest BCUT2D eigenvalue weighted by Gasteiger charge is -2.14. The third-order valence-electron chi connectivity index (χ3n) is 4.88. The van der Waals surface area contributed by atoms with Gasteiger partial charge >= 0.3 is 6.18 Å². The Labute approximate surface area is 191 Å². The number of thiazole rings is 1. The van der Waals surface area contributed by atoms with Gasteiger partial charge in [0.05, 0.1) is 22.7 Å². The average molecular weight is 498 g/mol. The summed E-state index contributed by atoms with van der Waals surface area (Å²) in [5, 5.41) is 10.1. The Kier molecular flexibility index (Phi) is 6.20. The van der Waals surface area contributed by atoms with Crippen molar-refractivity contribution in [1.29, 1.82) is 0 Å². The van der Waals surface area contributed by atoms with E-state index in [1.807, 2.05) is 4.90 Å². The molecule has 13 heteroatoms. The molecule has 2 aromatic heterocycles. The van der Waals surface area contributed by atoms with Crippen molar-refractivity contribution in [3.8, 4) is 0 Å². The number of hydrogen-bond acceptors (Lipinski definition) is 8. The second kappa shape index (κ2) is 8.80. The topological polar surface area (TPSA) is 105 Å². The number of carbonyl (C=O) groups excluding carboxylic acids is 1. The number of amides is 1. The number of nitrogens with one attached hydrogen (secondary N) is 1. The Balaban J connectivity index is 1.31. The number of benzene rings is 1. The number of fused-ring (bicyclic) bond motifs is 1. The first kappa shape index (κ1) is 23.3. The molecular formula is C20H18F3N5O3S2. The molecule has 0 fully saturated rings. The van der Waals surface area contributed by atoms with Crippen molar-refractivity contribution in [2.45, 2.75) is 37.1 Å². The van der Waals surface area contributed by atoms with Crippen LogP contribution in [0.4, 0.5) is 18.3 Å². The van der Waals surface area contributed by atoms with Crippen molar-refractivity contribution in [3.63, 3.8) is 0 Å². The van der Waals surface area contributed by atoms with E-state index in [0.29, 0.717) is 36.0 Å². The number of carbonyl (C=O) groups is 1. The molecular weight excluding hydrogens is 479 g/mol. The van der Waals surface area contributed by atoms with Gasteiger partial charge in [-0.25, -0.2) is 13.4 Å². The Bertz CT molecular complexity index is 1250. The van der Waals surface area contributed by atoms with Crippen LogP contribution in [0.2, 0.25) is 0 Å². The maximum atomic E-state index is 12.6. The van der Waals surface area contributed by atoms with Crippen LogP contribution in [0.15, 0.2) is 41.3 Å². The average Bonchev–Trinajstić information content (AvgIpc) is 3.25. The van der Waals surface area contributed by atoms with Crippen LogP contribution in [0.25, 0.3) is 0 Å². The summed E-state index contributed by atoms with van der Waals surface area (Å²) in [7, 11) is -3.29. The molecule has 174 valence electrons. The number of rotatable bonds is 6. The Hall–Kier alpha value is -2.90. The normalized spacial score (nSPS) is 14.3. The lowest BCUT2D eigenvalue weighted by atomic mass is 10.1. The van der Waals surface area contributed by atoms with Crippen molar-refractivity contribution in [1.82, 2.24) is 20.1 Å². The monoisotopic (exact) mass is 497 g/mol. The number of nitrogens with zero attached hydrogens (tertiary/aromatic N) is 4. The molecule has 1 amide bonds. The smallest absolute Gasteiger partial charge is 0.302 e. The van der Waals surface area contributed by atoms with Gasteiger partial charge in [0, 0.05) is 30.8 Å². The summed E-state index contributed by atoms with van der Waals surface area (Å²) < 4.78 is 60.8. The third kappa shape index (κ3) is 5.72. The minimum absolute atomic E-state index is 0.0764. The fourth-order valence-corrected chi connectivity index (χ4v) is 4.95. The van der Waals surface area contributed by atoms with E-state index in [0.717, 1.165) is 22.9 Å². The van der Waals surface area contributed by atoms with Crippen molar-refractivity contribution in [2.75, 3.05) is 11.6 Å². The molecule has 1 aliphatic rings. The van der Waals surface area contributed by atoms with Gasteiger partial charge in [0.25, 0.3) is 0 Å². The predicted octanol–water partition coefficient (Wildman–Crippen LogP) is 3.05. The number of halogens is 3. The predicted molar refractivity (Wildman–Crippen MR) is 114 cm³/mol. The summed E-state index contributed by atoms with van der Waals surface area (Å²) in [6, 6.07) is 8.34. The minimum atomic E-state index is -4.52. The SMILES string of the molecule is CS(=O)(=O)c1ccc(CC(=O)Nc2nc3c(s2)CN(Cc2ccc(C(F)(F)F)nn2)C3)cc1. The van der Waals surface area contributed by atoms with E-state index in [9.17, 15) is 26.4 Å². The van der Waals surface area contributed by atoms with Gasteiger partial charge in [0.15, 0.2) is 20.7 Å². The Morgan fingerprint density at radius 3 is 2.42 bits per heavy atom. The van der Waals surface area contributed by atoms with Gasteiger partial charge in [0.2, 0.25) is 5.91 Å².